The topological polar surface area (TPSA) is 100 Å². The zero-order valence-corrected chi connectivity index (χ0v) is 17.0. The largest absolute Gasteiger partial charge is 0.298 e. The molecular weight excluding hydrogens is 446 g/mol. The summed E-state index contributed by atoms with van der Waals surface area (Å²) >= 11 is 4.83. The van der Waals surface area contributed by atoms with Gasteiger partial charge in [-0.05, 0) is 24.0 Å². The smallest absolute Gasteiger partial charge is 0.276 e. The number of fused-ring (bicyclic) bond motifs is 2. The molecule has 0 aliphatic carbocycles. The minimum Gasteiger partial charge on any atom is -0.298 e. The van der Waals surface area contributed by atoms with Gasteiger partial charge < -0.3 is 0 Å². The number of hydrazone groups is 1. The molecule has 28 heavy (non-hydrogen) atoms. The predicted octanol–water partition coefficient (Wildman–Crippen LogP) is 2.25. The van der Waals surface area contributed by atoms with Crippen LogP contribution in [0.1, 0.15) is 18.7 Å². The Kier molecular flexibility index (Phi) is 4.90. The molecule has 2 aliphatic heterocycles. The summed E-state index contributed by atoms with van der Waals surface area (Å²) in [6.45, 7) is 1.96. The first-order valence-electron chi connectivity index (χ1n) is 8.42. The maximum absolute atomic E-state index is 12.9. The van der Waals surface area contributed by atoms with Gasteiger partial charge in [0.05, 0.1) is 10.3 Å². The summed E-state index contributed by atoms with van der Waals surface area (Å²) in [7, 11) is 0. The van der Waals surface area contributed by atoms with Gasteiger partial charge in [0.2, 0.25) is 0 Å². The van der Waals surface area contributed by atoms with E-state index in [9.17, 15) is 14.9 Å². The fourth-order valence-corrected chi connectivity index (χ4v) is 4.01. The Morgan fingerprint density at radius 1 is 1.32 bits per heavy atom. The minimum atomic E-state index is -0.679. The van der Waals surface area contributed by atoms with E-state index in [-0.39, 0.29) is 11.6 Å². The van der Waals surface area contributed by atoms with E-state index in [2.05, 4.69) is 26.3 Å². The fourth-order valence-electron chi connectivity index (χ4n) is 3.07. The van der Waals surface area contributed by atoms with Gasteiger partial charge in [0, 0.05) is 27.4 Å². The van der Waals surface area contributed by atoms with Crippen molar-refractivity contribution in [3.8, 4) is 0 Å². The van der Waals surface area contributed by atoms with Gasteiger partial charge in [-0.25, -0.2) is 5.01 Å². The molecule has 4 rings (SSSR count). The number of benzene rings is 2. The number of halogens is 1. The number of hydrogen-bond acceptors (Lipinski definition) is 7. The van der Waals surface area contributed by atoms with Crippen molar-refractivity contribution in [2.24, 2.45) is 10.1 Å². The molecule has 1 amide bonds. The molecule has 0 bridgehead atoms. The zero-order valence-electron chi connectivity index (χ0n) is 14.6. The predicted molar refractivity (Wildman–Crippen MR) is 110 cm³/mol. The minimum absolute atomic E-state index is 0.0375. The SMILES string of the molecule is CCSC1=NN2C(=c3cc(Br)ccc3=N[C@H]2c2cccc([N+](=O)[O-])c2)C(=O)N1. The highest BCUT2D eigenvalue weighted by Crippen LogP contribution is 2.32. The van der Waals surface area contributed by atoms with E-state index in [1.807, 2.05) is 19.1 Å². The molecule has 0 radical (unpaired) electrons. The highest BCUT2D eigenvalue weighted by atomic mass is 79.9. The first-order chi connectivity index (χ1) is 13.5. The van der Waals surface area contributed by atoms with Crippen molar-refractivity contribution in [3.63, 3.8) is 0 Å². The van der Waals surface area contributed by atoms with E-state index in [1.54, 1.807) is 23.2 Å². The normalized spacial score (nSPS) is 17.9. The lowest BCUT2D eigenvalue weighted by Gasteiger charge is -2.34. The first-order valence-corrected chi connectivity index (χ1v) is 10.2. The van der Waals surface area contributed by atoms with E-state index in [0.717, 1.165) is 10.2 Å². The molecule has 8 nitrogen and oxygen atoms in total. The summed E-state index contributed by atoms with van der Waals surface area (Å²) < 4.78 is 0.813. The summed E-state index contributed by atoms with van der Waals surface area (Å²) in [4.78, 5) is 28.4. The third-order valence-electron chi connectivity index (χ3n) is 4.23. The molecule has 0 saturated carbocycles. The lowest BCUT2D eigenvalue weighted by Crippen LogP contribution is -2.50. The van der Waals surface area contributed by atoms with Crippen LogP contribution >= 0.6 is 27.7 Å². The maximum atomic E-state index is 12.9. The summed E-state index contributed by atoms with van der Waals surface area (Å²) in [5.74, 6) is 0.457. The summed E-state index contributed by atoms with van der Waals surface area (Å²) in [5.41, 5.74) is 0.910. The molecular formula is C18H14BrN5O3S. The number of nitrogens with zero attached hydrogens (tertiary/aromatic N) is 4. The van der Waals surface area contributed by atoms with Crippen LogP contribution in [0.15, 0.2) is 57.0 Å². The highest BCUT2D eigenvalue weighted by Gasteiger charge is 2.34. The van der Waals surface area contributed by atoms with Crippen molar-refractivity contribution in [2.45, 2.75) is 13.1 Å². The molecule has 0 aromatic heterocycles. The van der Waals surface area contributed by atoms with Crippen molar-refractivity contribution in [1.82, 2.24) is 10.3 Å². The van der Waals surface area contributed by atoms with Crippen LogP contribution in [-0.4, -0.2) is 26.8 Å². The van der Waals surface area contributed by atoms with Gasteiger partial charge in [0.15, 0.2) is 11.3 Å². The average molecular weight is 460 g/mol. The molecule has 10 heteroatoms. The van der Waals surface area contributed by atoms with Gasteiger partial charge >= 0.3 is 0 Å². The fraction of sp³-hybridized carbons (Fsp3) is 0.167. The number of carbonyl (C=O) groups excluding carboxylic acids is 1. The standard InChI is InChI=1S/C18H14BrN5O3S/c1-2-28-18-21-17(25)15-13-9-11(19)6-7-14(13)20-16(23(15)22-18)10-4-3-5-12(8-10)24(26)27/h3-9,16H,2H2,1H3,(H,21,22,25)/t16-/m1/s1. The first kappa shape index (κ1) is 18.6. The molecule has 0 saturated heterocycles. The van der Waals surface area contributed by atoms with E-state index < -0.39 is 11.1 Å². The number of non-ortho nitro benzene ring substituents is 1. The van der Waals surface area contributed by atoms with Crippen LogP contribution in [-0.2, 0) is 4.79 Å². The summed E-state index contributed by atoms with van der Waals surface area (Å²) in [5, 5.41) is 21.9. The number of nitrogens with one attached hydrogen (secondary N) is 1. The van der Waals surface area contributed by atoms with Gasteiger partial charge in [-0.3, -0.25) is 25.2 Å². The van der Waals surface area contributed by atoms with Crippen LogP contribution in [0.5, 0.6) is 0 Å². The Bertz CT molecular complexity index is 1150. The molecule has 2 aromatic carbocycles. The average Bonchev–Trinajstić information content (AvgIpc) is 2.67. The van der Waals surface area contributed by atoms with Crippen molar-refractivity contribution in [1.29, 1.82) is 0 Å². The van der Waals surface area contributed by atoms with E-state index in [4.69, 9.17) is 4.99 Å². The van der Waals surface area contributed by atoms with Crippen LogP contribution in [0, 0.1) is 10.1 Å². The van der Waals surface area contributed by atoms with Gasteiger partial charge in [-0.1, -0.05) is 46.7 Å². The summed E-state index contributed by atoms with van der Waals surface area (Å²) in [6.07, 6.45) is -0.679. The number of hydrogen-bond donors (Lipinski definition) is 1. The molecule has 1 atom stereocenters. The van der Waals surface area contributed by atoms with E-state index >= 15 is 0 Å². The van der Waals surface area contributed by atoms with Gasteiger partial charge in [0.1, 0.15) is 5.70 Å². The second-order valence-electron chi connectivity index (χ2n) is 6.00. The summed E-state index contributed by atoms with van der Waals surface area (Å²) in [6, 6.07) is 11.7. The van der Waals surface area contributed by atoms with Gasteiger partial charge in [0.25, 0.3) is 11.6 Å². The monoisotopic (exact) mass is 459 g/mol. The number of carbonyl (C=O) groups is 1. The molecule has 2 aliphatic rings. The molecule has 0 fully saturated rings. The second kappa shape index (κ2) is 7.36. The van der Waals surface area contributed by atoms with Crippen LogP contribution in [0.25, 0.3) is 5.70 Å². The van der Waals surface area contributed by atoms with Crippen LogP contribution in [0.2, 0.25) is 0 Å². The molecule has 2 aromatic rings. The Hall–Kier alpha value is -2.72. The highest BCUT2D eigenvalue weighted by molar-refractivity contribution is 9.10. The van der Waals surface area contributed by atoms with Gasteiger partial charge in [-0.2, -0.15) is 0 Å². The Morgan fingerprint density at radius 2 is 2.14 bits per heavy atom. The molecule has 142 valence electrons. The maximum Gasteiger partial charge on any atom is 0.276 e. The second-order valence-corrected chi connectivity index (χ2v) is 8.17. The quantitative estimate of drug-likeness (QED) is 0.560. The van der Waals surface area contributed by atoms with Crippen molar-refractivity contribution in [2.75, 3.05) is 5.75 Å². The lowest BCUT2D eigenvalue weighted by molar-refractivity contribution is -0.384. The van der Waals surface area contributed by atoms with Crippen LogP contribution in [0.3, 0.4) is 0 Å². The van der Waals surface area contributed by atoms with Crippen molar-refractivity contribution in [3.05, 3.63) is 73.2 Å². The van der Waals surface area contributed by atoms with Crippen LogP contribution < -0.4 is 15.9 Å². The third kappa shape index (κ3) is 3.29. The molecule has 0 spiro atoms. The molecule has 2 heterocycles. The van der Waals surface area contributed by atoms with Crippen LogP contribution in [0.4, 0.5) is 5.69 Å². The molecule has 1 N–H and O–H groups in total. The molecule has 0 unspecified atom stereocenters. The Balaban J connectivity index is 1.96. The number of rotatable bonds is 3. The number of nitro groups is 1. The zero-order chi connectivity index (χ0) is 19.8. The van der Waals surface area contributed by atoms with Gasteiger partial charge in [-0.15, -0.1) is 5.10 Å². The number of thioether (sulfide) groups is 1. The number of nitro benzene ring substituents is 1. The van der Waals surface area contributed by atoms with E-state index in [1.165, 1.54) is 23.9 Å². The Labute approximate surface area is 172 Å². The Morgan fingerprint density at radius 3 is 2.89 bits per heavy atom. The van der Waals surface area contributed by atoms with Crippen molar-refractivity contribution >= 4 is 50.2 Å². The lowest BCUT2D eigenvalue weighted by atomic mass is 10.1. The van der Waals surface area contributed by atoms with E-state index in [0.29, 0.717) is 27.0 Å². The van der Waals surface area contributed by atoms with Crippen molar-refractivity contribution < 1.29 is 9.72 Å². The number of amidine groups is 1. The number of amides is 1. The third-order valence-corrected chi connectivity index (χ3v) is 5.47.